The van der Waals surface area contributed by atoms with Crippen molar-refractivity contribution in [3.8, 4) is 0 Å². The molecule has 0 bridgehead atoms. The number of rotatable bonds is 8. The Morgan fingerprint density at radius 1 is 1.24 bits per heavy atom. The van der Waals surface area contributed by atoms with Gasteiger partial charge in [-0.1, -0.05) is 19.8 Å². The Bertz CT molecular complexity index is 240. The highest BCUT2D eigenvalue weighted by Crippen LogP contribution is 1.98. The fourth-order valence-corrected chi connectivity index (χ4v) is 1.54. The zero-order valence-corrected chi connectivity index (χ0v) is 11.2. The molecule has 17 heavy (non-hydrogen) atoms. The van der Waals surface area contributed by atoms with E-state index < -0.39 is 6.04 Å². The van der Waals surface area contributed by atoms with Crippen molar-refractivity contribution in [2.45, 2.75) is 46.1 Å². The lowest BCUT2D eigenvalue weighted by molar-refractivity contribution is -0.132. The van der Waals surface area contributed by atoms with Gasteiger partial charge in [-0.05, 0) is 20.3 Å². The molecule has 5 nitrogen and oxygen atoms in total. The van der Waals surface area contributed by atoms with E-state index in [1.807, 2.05) is 13.8 Å². The summed E-state index contributed by atoms with van der Waals surface area (Å²) >= 11 is 0. The van der Waals surface area contributed by atoms with Crippen molar-refractivity contribution in [3.05, 3.63) is 0 Å². The largest absolute Gasteiger partial charge is 0.346 e. The standard InChI is InChI=1S/C12H25N3O2/c1-4-7-8-10(13)12(17)14-9-11(16)15(5-2)6-3/h10H,4-9,13H2,1-3H3,(H,14,17)/t10-/m0/s1. The molecule has 0 aliphatic rings. The minimum atomic E-state index is -0.501. The Morgan fingerprint density at radius 3 is 2.29 bits per heavy atom. The predicted octanol–water partition coefficient (Wildman–Crippen LogP) is 0.489. The van der Waals surface area contributed by atoms with Gasteiger partial charge in [0, 0.05) is 13.1 Å². The Labute approximate surface area is 104 Å². The number of nitrogens with zero attached hydrogens (tertiary/aromatic N) is 1. The van der Waals surface area contributed by atoms with Crippen molar-refractivity contribution in [1.82, 2.24) is 10.2 Å². The molecule has 3 N–H and O–H groups in total. The van der Waals surface area contributed by atoms with Crippen LogP contribution in [0, 0.1) is 0 Å². The van der Waals surface area contributed by atoms with E-state index in [1.165, 1.54) is 0 Å². The molecule has 0 radical (unpaired) electrons. The number of nitrogens with one attached hydrogen (secondary N) is 1. The van der Waals surface area contributed by atoms with Gasteiger partial charge in [-0.3, -0.25) is 9.59 Å². The highest BCUT2D eigenvalue weighted by Gasteiger charge is 2.15. The van der Waals surface area contributed by atoms with Crippen molar-refractivity contribution >= 4 is 11.8 Å². The molecule has 0 aromatic rings. The van der Waals surface area contributed by atoms with Crippen molar-refractivity contribution in [2.75, 3.05) is 19.6 Å². The second kappa shape index (κ2) is 8.98. The van der Waals surface area contributed by atoms with E-state index in [0.29, 0.717) is 19.5 Å². The molecule has 0 heterocycles. The molecule has 0 aromatic carbocycles. The summed E-state index contributed by atoms with van der Waals surface area (Å²) in [6.07, 6.45) is 2.61. The zero-order valence-electron chi connectivity index (χ0n) is 11.2. The van der Waals surface area contributed by atoms with Crippen molar-refractivity contribution < 1.29 is 9.59 Å². The Kier molecular flexibility index (Phi) is 8.40. The highest BCUT2D eigenvalue weighted by atomic mass is 16.2. The summed E-state index contributed by atoms with van der Waals surface area (Å²) in [5.41, 5.74) is 5.69. The smallest absolute Gasteiger partial charge is 0.241 e. The quantitative estimate of drug-likeness (QED) is 0.651. The maximum absolute atomic E-state index is 11.6. The number of nitrogens with two attached hydrogens (primary N) is 1. The van der Waals surface area contributed by atoms with Crippen LogP contribution in [0.3, 0.4) is 0 Å². The van der Waals surface area contributed by atoms with Crippen LogP contribution in [0.5, 0.6) is 0 Å². The monoisotopic (exact) mass is 243 g/mol. The number of amides is 2. The molecule has 0 aliphatic heterocycles. The molecular weight excluding hydrogens is 218 g/mol. The summed E-state index contributed by atoms with van der Waals surface area (Å²) in [4.78, 5) is 24.8. The second-order valence-corrected chi connectivity index (χ2v) is 4.03. The summed E-state index contributed by atoms with van der Waals surface area (Å²) in [6.45, 7) is 7.24. The van der Waals surface area contributed by atoms with Crippen LogP contribution in [0.2, 0.25) is 0 Å². The van der Waals surface area contributed by atoms with Gasteiger partial charge in [-0.15, -0.1) is 0 Å². The molecule has 100 valence electrons. The number of carbonyl (C=O) groups is 2. The molecule has 0 fully saturated rings. The first-order chi connectivity index (χ1) is 8.06. The average Bonchev–Trinajstić information content (AvgIpc) is 2.34. The van der Waals surface area contributed by atoms with Crippen molar-refractivity contribution in [3.63, 3.8) is 0 Å². The van der Waals surface area contributed by atoms with Crippen molar-refractivity contribution in [2.24, 2.45) is 5.73 Å². The van der Waals surface area contributed by atoms with Crippen LogP contribution in [0.15, 0.2) is 0 Å². The topological polar surface area (TPSA) is 75.4 Å². The molecule has 0 unspecified atom stereocenters. The van der Waals surface area contributed by atoms with Gasteiger partial charge in [0.1, 0.15) is 0 Å². The molecule has 0 aliphatic carbocycles. The molecule has 0 spiro atoms. The number of carbonyl (C=O) groups excluding carboxylic acids is 2. The maximum atomic E-state index is 11.6. The Morgan fingerprint density at radius 2 is 1.82 bits per heavy atom. The van der Waals surface area contributed by atoms with Crippen LogP contribution in [0.4, 0.5) is 0 Å². The van der Waals surface area contributed by atoms with Gasteiger partial charge in [0.05, 0.1) is 12.6 Å². The van der Waals surface area contributed by atoms with E-state index in [4.69, 9.17) is 5.73 Å². The van der Waals surface area contributed by atoms with Gasteiger partial charge in [0.2, 0.25) is 11.8 Å². The number of hydrogen-bond acceptors (Lipinski definition) is 3. The van der Waals surface area contributed by atoms with Crippen LogP contribution < -0.4 is 11.1 Å². The lowest BCUT2D eigenvalue weighted by Gasteiger charge is -2.19. The van der Waals surface area contributed by atoms with Crippen LogP contribution in [0.1, 0.15) is 40.0 Å². The predicted molar refractivity (Wildman–Crippen MR) is 68.4 cm³/mol. The van der Waals surface area contributed by atoms with E-state index in [-0.39, 0.29) is 18.4 Å². The van der Waals surface area contributed by atoms with E-state index >= 15 is 0 Å². The van der Waals surface area contributed by atoms with E-state index in [9.17, 15) is 9.59 Å². The van der Waals surface area contributed by atoms with Gasteiger partial charge in [-0.25, -0.2) is 0 Å². The maximum Gasteiger partial charge on any atom is 0.241 e. The van der Waals surface area contributed by atoms with Gasteiger partial charge < -0.3 is 16.0 Å². The zero-order chi connectivity index (χ0) is 13.3. The second-order valence-electron chi connectivity index (χ2n) is 4.03. The SMILES string of the molecule is CCCC[C@H](N)C(=O)NCC(=O)N(CC)CC. The Balaban J connectivity index is 3.94. The number of unbranched alkanes of at least 4 members (excludes halogenated alkanes) is 1. The lowest BCUT2D eigenvalue weighted by atomic mass is 10.1. The van der Waals surface area contributed by atoms with Gasteiger partial charge in [0.25, 0.3) is 0 Å². The van der Waals surface area contributed by atoms with Crippen LogP contribution in [0.25, 0.3) is 0 Å². The summed E-state index contributed by atoms with van der Waals surface area (Å²) < 4.78 is 0. The highest BCUT2D eigenvalue weighted by molar-refractivity contribution is 5.87. The first kappa shape index (κ1) is 15.9. The molecule has 1 atom stereocenters. The minimum Gasteiger partial charge on any atom is -0.346 e. The van der Waals surface area contributed by atoms with E-state index in [0.717, 1.165) is 12.8 Å². The van der Waals surface area contributed by atoms with Crippen molar-refractivity contribution in [1.29, 1.82) is 0 Å². The normalized spacial score (nSPS) is 12.0. The van der Waals surface area contributed by atoms with Crippen LogP contribution in [-0.2, 0) is 9.59 Å². The number of hydrogen-bond donors (Lipinski definition) is 2. The third-order valence-electron chi connectivity index (χ3n) is 2.74. The molecular formula is C12H25N3O2. The number of likely N-dealkylation sites (N-methyl/N-ethyl adjacent to an activating group) is 1. The fourth-order valence-electron chi connectivity index (χ4n) is 1.54. The lowest BCUT2D eigenvalue weighted by Crippen LogP contribution is -2.45. The van der Waals surface area contributed by atoms with E-state index in [2.05, 4.69) is 12.2 Å². The van der Waals surface area contributed by atoms with Crippen LogP contribution >= 0.6 is 0 Å². The van der Waals surface area contributed by atoms with Crippen LogP contribution in [-0.4, -0.2) is 42.4 Å². The fraction of sp³-hybridized carbons (Fsp3) is 0.833. The molecule has 0 aromatic heterocycles. The molecule has 0 saturated carbocycles. The first-order valence-electron chi connectivity index (χ1n) is 6.37. The van der Waals surface area contributed by atoms with E-state index in [1.54, 1.807) is 4.90 Å². The van der Waals surface area contributed by atoms with Gasteiger partial charge >= 0.3 is 0 Å². The Hall–Kier alpha value is -1.10. The van der Waals surface area contributed by atoms with Gasteiger partial charge in [0.15, 0.2) is 0 Å². The molecule has 0 rings (SSSR count). The van der Waals surface area contributed by atoms with Gasteiger partial charge in [-0.2, -0.15) is 0 Å². The molecule has 5 heteroatoms. The summed E-state index contributed by atoms with van der Waals surface area (Å²) in [6, 6.07) is -0.501. The molecule has 2 amide bonds. The third-order valence-corrected chi connectivity index (χ3v) is 2.74. The minimum absolute atomic E-state index is 0.0420. The average molecular weight is 243 g/mol. The third kappa shape index (κ3) is 6.26. The summed E-state index contributed by atoms with van der Waals surface area (Å²) in [5, 5.41) is 2.59. The molecule has 0 saturated heterocycles. The summed E-state index contributed by atoms with van der Waals surface area (Å²) in [7, 11) is 0. The first-order valence-corrected chi connectivity index (χ1v) is 6.37. The summed E-state index contributed by atoms with van der Waals surface area (Å²) in [5.74, 6) is -0.301.